The molecule has 0 spiro atoms. The standard InChI is InChI=1S/C43H51N5O8/c1-4-25(12-14-46-3)42(53)55-34-20-32-38(52)37-33(51)19-28(22-49)54-40(37)36-31(18-23-6-5-7-27(50)17-23)29-13-15-47-41(45)30(29)10-9-26(43(34,2)56-39(32)36)16-24-8-11-35(44)48-21-24/h4-8,11,13,17,19,21,26,31,34-35,46-50,52H,9-10,12,14-16,18,20,22,44-45H2,1-3H3. The van der Waals surface area contributed by atoms with Crippen LogP contribution in [0.2, 0.25) is 0 Å². The van der Waals surface area contributed by atoms with Crippen LogP contribution in [0.5, 0.6) is 17.2 Å². The molecule has 4 aliphatic rings. The van der Waals surface area contributed by atoms with Crippen molar-refractivity contribution in [2.75, 3.05) is 20.1 Å². The van der Waals surface area contributed by atoms with Crippen LogP contribution < -0.4 is 37.6 Å². The SMILES string of the molecule is CC=C(CCNC)C(=O)OC1Cc2c3c(c4oc(CO)cc(=O)c4c2O)C(Cc2cccc(O)c2)C2=CCNC(N)=C2CCC(CC2=CNC(N)C=C2)C1(C)O3. The highest BCUT2D eigenvalue weighted by molar-refractivity contribution is 5.92. The molecule has 13 nitrogen and oxygen atoms in total. The molecule has 296 valence electrons. The topological polar surface area (TPSA) is 215 Å². The molecule has 0 aliphatic carbocycles. The van der Waals surface area contributed by atoms with Gasteiger partial charge in [-0.15, -0.1) is 0 Å². The summed E-state index contributed by atoms with van der Waals surface area (Å²) in [6, 6.07) is 8.14. The first kappa shape index (κ1) is 38.8. The second-order valence-electron chi connectivity index (χ2n) is 15.1. The quantitative estimate of drug-likeness (QED) is 0.108. The molecule has 10 N–H and O–H groups in total. The Bertz CT molecular complexity index is 2250. The Hall–Kier alpha value is -5.50. The first-order valence-corrected chi connectivity index (χ1v) is 19.2. The van der Waals surface area contributed by atoms with Crippen molar-refractivity contribution >= 4 is 16.9 Å². The minimum Gasteiger partial charge on any atom is -0.508 e. The molecular formula is C43H51N5O8. The van der Waals surface area contributed by atoms with E-state index in [1.54, 1.807) is 31.2 Å². The van der Waals surface area contributed by atoms with Crippen LogP contribution in [-0.4, -0.2) is 59.3 Å². The third-order valence-electron chi connectivity index (χ3n) is 11.7. The Labute approximate surface area is 325 Å². The lowest BCUT2D eigenvalue weighted by Crippen LogP contribution is -2.56. The summed E-state index contributed by atoms with van der Waals surface area (Å²) in [7, 11) is 1.81. The number of nitrogens with one attached hydrogen (secondary N) is 3. The molecule has 0 saturated heterocycles. The number of esters is 1. The number of dihydropyridines is 2. The van der Waals surface area contributed by atoms with Crippen LogP contribution in [0.1, 0.15) is 67.9 Å². The Morgan fingerprint density at radius 2 is 2.04 bits per heavy atom. The summed E-state index contributed by atoms with van der Waals surface area (Å²) in [5.41, 5.74) is 16.1. The molecule has 1 aromatic heterocycles. The largest absolute Gasteiger partial charge is 0.508 e. The van der Waals surface area contributed by atoms with Crippen molar-refractivity contribution < 1.29 is 34.0 Å². The summed E-state index contributed by atoms with van der Waals surface area (Å²) in [5, 5.41) is 42.4. The van der Waals surface area contributed by atoms with E-state index in [-0.39, 0.29) is 46.7 Å². The van der Waals surface area contributed by atoms with Gasteiger partial charge in [0, 0.05) is 53.8 Å². The van der Waals surface area contributed by atoms with Crippen LogP contribution in [0.3, 0.4) is 0 Å². The summed E-state index contributed by atoms with van der Waals surface area (Å²) >= 11 is 0. The highest BCUT2D eigenvalue weighted by atomic mass is 16.6. The molecule has 5 unspecified atom stereocenters. The zero-order valence-electron chi connectivity index (χ0n) is 32.0. The number of fused-ring (bicyclic) bond motifs is 4. The van der Waals surface area contributed by atoms with Crippen molar-refractivity contribution in [1.29, 1.82) is 0 Å². The highest BCUT2D eigenvalue weighted by Gasteiger charge is 2.52. The van der Waals surface area contributed by atoms with E-state index in [2.05, 4.69) is 22.0 Å². The van der Waals surface area contributed by atoms with E-state index in [4.69, 9.17) is 25.4 Å². The second kappa shape index (κ2) is 15.9. The van der Waals surface area contributed by atoms with Gasteiger partial charge in [-0.3, -0.25) is 4.79 Å². The van der Waals surface area contributed by atoms with Crippen LogP contribution in [0.15, 0.2) is 98.2 Å². The third kappa shape index (κ3) is 7.29. The summed E-state index contributed by atoms with van der Waals surface area (Å²) in [5.74, 6) is -0.748. The number of hydrogen-bond donors (Lipinski definition) is 8. The molecule has 0 amide bonds. The van der Waals surface area contributed by atoms with Gasteiger partial charge in [0.1, 0.15) is 52.3 Å². The van der Waals surface area contributed by atoms with Gasteiger partial charge in [0.2, 0.25) is 0 Å². The van der Waals surface area contributed by atoms with Gasteiger partial charge < -0.3 is 56.6 Å². The number of nitrogens with two attached hydrogens (primary N) is 2. The van der Waals surface area contributed by atoms with Gasteiger partial charge in [-0.1, -0.05) is 30.4 Å². The van der Waals surface area contributed by atoms with Gasteiger partial charge in [-0.05, 0) is 100 Å². The molecule has 0 fully saturated rings. The van der Waals surface area contributed by atoms with E-state index in [0.29, 0.717) is 73.5 Å². The van der Waals surface area contributed by atoms with Crippen LogP contribution in [0, 0.1) is 5.92 Å². The number of aromatic hydroxyl groups is 2. The predicted molar refractivity (Wildman–Crippen MR) is 213 cm³/mol. The molecule has 0 saturated carbocycles. The van der Waals surface area contributed by atoms with Crippen LogP contribution in [-0.2, 0) is 29.0 Å². The van der Waals surface area contributed by atoms with E-state index in [1.165, 1.54) is 6.07 Å². The molecule has 4 aliphatic heterocycles. The maximum Gasteiger partial charge on any atom is 0.334 e. The summed E-state index contributed by atoms with van der Waals surface area (Å²) in [6.07, 6.45) is 10.8. The number of carbonyl (C=O) groups is 1. The van der Waals surface area contributed by atoms with Crippen molar-refractivity contribution in [2.24, 2.45) is 17.4 Å². The number of allylic oxidation sites excluding steroid dienone is 5. The zero-order chi connectivity index (χ0) is 39.7. The summed E-state index contributed by atoms with van der Waals surface area (Å²) < 4.78 is 20.2. The molecule has 7 rings (SSSR count). The van der Waals surface area contributed by atoms with Gasteiger partial charge in [0.05, 0.1) is 12.0 Å². The molecule has 5 heterocycles. The molecule has 5 atom stereocenters. The maximum atomic E-state index is 14.0. The lowest BCUT2D eigenvalue weighted by Gasteiger charge is -2.48. The van der Waals surface area contributed by atoms with Gasteiger partial charge in [-0.2, -0.15) is 0 Å². The van der Waals surface area contributed by atoms with E-state index < -0.39 is 35.6 Å². The highest BCUT2D eigenvalue weighted by Crippen LogP contribution is 2.55. The number of phenols is 2. The third-order valence-corrected chi connectivity index (χ3v) is 11.7. The average Bonchev–Trinajstić information content (AvgIpc) is 3.17. The zero-order valence-corrected chi connectivity index (χ0v) is 32.0. The lowest BCUT2D eigenvalue weighted by molar-refractivity contribution is -0.165. The van der Waals surface area contributed by atoms with Gasteiger partial charge in [-0.25, -0.2) is 4.79 Å². The minimum atomic E-state index is -1.20. The Balaban J connectivity index is 1.52. The van der Waals surface area contributed by atoms with Crippen LogP contribution >= 0.6 is 0 Å². The molecule has 2 aromatic carbocycles. The Morgan fingerprint density at radius 3 is 2.75 bits per heavy atom. The number of aliphatic hydroxyl groups is 1. The normalized spacial score (nSPS) is 24.6. The molecular weight excluding hydrogens is 714 g/mol. The number of phenolic OH excluding ortho intramolecular Hbond substituents is 2. The van der Waals surface area contributed by atoms with Crippen molar-refractivity contribution in [3.05, 3.63) is 122 Å². The van der Waals surface area contributed by atoms with E-state index in [1.807, 2.05) is 38.4 Å². The fraction of sp³-hybridized carbons (Fsp3) is 0.395. The Kier molecular flexibility index (Phi) is 11.0. The number of rotatable bonds is 10. The number of carbonyl (C=O) groups excluding carboxylic acids is 1. The monoisotopic (exact) mass is 765 g/mol. The fourth-order valence-electron chi connectivity index (χ4n) is 8.62. The number of aliphatic hydroxyl groups excluding tert-OH is 1. The van der Waals surface area contributed by atoms with Crippen LogP contribution in [0.25, 0.3) is 11.0 Å². The van der Waals surface area contributed by atoms with Crippen LogP contribution in [0.4, 0.5) is 0 Å². The molecule has 0 radical (unpaired) electrons. The minimum absolute atomic E-state index is 0.0197. The molecule has 2 bridgehead atoms. The number of benzene rings is 2. The summed E-state index contributed by atoms with van der Waals surface area (Å²) in [6.45, 7) is 4.19. The van der Waals surface area contributed by atoms with Gasteiger partial charge in [0.25, 0.3) is 0 Å². The lowest BCUT2D eigenvalue weighted by atomic mass is 9.70. The van der Waals surface area contributed by atoms with Crippen molar-refractivity contribution in [2.45, 2.75) is 82.8 Å². The number of hydrogen-bond acceptors (Lipinski definition) is 13. The van der Waals surface area contributed by atoms with Gasteiger partial charge >= 0.3 is 5.97 Å². The second-order valence-corrected chi connectivity index (χ2v) is 15.1. The predicted octanol–water partition coefficient (Wildman–Crippen LogP) is 4.01. The first-order chi connectivity index (χ1) is 26.9. The maximum absolute atomic E-state index is 14.0. The first-order valence-electron chi connectivity index (χ1n) is 19.2. The fourth-order valence-corrected chi connectivity index (χ4v) is 8.62. The number of ether oxygens (including phenoxy) is 2. The van der Waals surface area contributed by atoms with E-state index >= 15 is 0 Å². The summed E-state index contributed by atoms with van der Waals surface area (Å²) in [4.78, 5) is 27.9. The Morgan fingerprint density at radius 1 is 1.21 bits per heavy atom. The molecule has 13 heteroatoms. The van der Waals surface area contributed by atoms with Crippen molar-refractivity contribution in [3.63, 3.8) is 0 Å². The van der Waals surface area contributed by atoms with E-state index in [9.17, 15) is 24.9 Å². The molecule has 56 heavy (non-hydrogen) atoms. The van der Waals surface area contributed by atoms with Crippen molar-refractivity contribution in [3.8, 4) is 17.2 Å². The van der Waals surface area contributed by atoms with Gasteiger partial charge in [0.15, 0.2) is 5.43 Å². The molecule has 3 aromatic rings. The van der Waals surface area contributed by atoms with Crippen molar-refractivity contribution in [1.82, 2.24) is 16.0 Å². The average molecular weight is 766 g/mol. The van der Waals surface area contributed by atoms with E-state index in [0.717, 1.165) is 22.3 Å². The smallest absolute Gasteiger partial charge is 0.334 e.